The maximum Gasteiger partial charge on any atom is 0.230 e. The SMILES string of the molecule is CCOc1ccc(-n2c(SCC(=O)NC3CCS(=O)(=O)C3)nnc2-c2cccc(C)c2)cc1. The molecule has 1 fully saturated rings. The van der Waals surface area contributed by atoms with E-state index in [-0.39, 0.29) is 29.2 Å². The predicted molar refractivity (Wildman–Crippen MR) is 129 cm³/mol. The third-order valence-corrected chi connectivity index (χ3v) is 7.94. The smallest absolute Gasteiger partial charge is 0.230 e. The van der Waals surface area contributed by atoms with Gasteiger partial charge < -0.3 is 10.1 Å². The van der Waals surface area contributed by atoms with E-state index in [1.807, 2.05) is 66.9 Å². The quantitative estimate of drug-likeness (QED) is 0.488. The van der Waals surface area contributed by atoms with Crippen LogP contribution in [0.3, 0.4) is 0 Å². The van der Waals surface area contributed by atoms with Gasteiger partial charge in [0.05, 0.1) is 23.9 Å². The van der Waals surface area contributed by atoms with Gasteiger partial charge in [0.2, 0.25) is 5.91 Å². The first-order valence-electron chi connectivity index (χ1n) is 10.7. The number of aryl methyl sites for hydroxylation is 1. The van der Waals surface area contributed by atoms with Gasteiger partial charge >= 0.3 is 0 Å². The Kier molecular flexibility index (Phi) is 7.04. The highest BCUT2D eigenvalue weighted by Gasteiger charge is 2.29. The zero-order valence-electron chi connectivity index (χ0n) is 18.5. The van der Waals surface area contributed by atoms with Gasteiger partial charge in [-0.3, -0.25) is 9.36 Å². The van der Waals surface area contributed by atoms with Gasteiger partial charge in [-0.15, -0.1) is 10.2 Å². The van der Waals surface area contributed by atoms with Crippen molar-refractivity contribution in [1.29, 1.82) is 0 Å². The van der Waals surface area contributed by atoms with Crippen LogP contribution in [0.4, 0.5) is 0 Å². The summed E-state index contributed by atoms with van der Waals surface area (Å²) in [6.07, 6.45) is 0.457. The van der Waals surface area contributed by atoms with Crippen LogP contribution in [0.15, 0.2) is 53.7 Å². The van der Waals surface area contributed by atoms with E-state index in [4.69, 9.17) is 4.74 Å². The molecule has 4 rings (SSSR count). The fraction of sp³-hybridized carbons (Fsp3) is 0.348. The van der Waals surface area contributed by atoms with Crippen molar-refractivity contribution < 1.29 is 17.9 Å². The third-order valence-electron chi connectivity index (χ3n) is 5.25. The van der Waals surface area contributed by atoms with E-state index in [9.17, 15) is 13.2 Å². The van der Waals surface area contributed by atoms with Gasteiger partial charge in [0.1, 0.15) is 5.75 Å². The molecule has 2 aromatic carbocycles. The lowest BCUT2D eigenvalue weighted by molar-refractivity contribution is -0.119. The number of rotatable bonds is 8. The number of aromatic nitrogens is 3. The molecule has 0 saturated carbocycles. The second-order valence-corrected chi connectivity index (χ2v) is 11.1. The Balaban J connectivity index is 1.57. The first-order chi connectivity index (χ1) is 15.8. The number of hydrogen-bond acceptors (Lipinski definition) is 7. The molecule has 10 heteroatoms. The van der Waals surface area contributed by atoms with Gasteiger partial charge in [0.25, 0.3) is 0 Å². The van der Waals surface area contributed by atoms with Crippen LogP contribution in [0.1, 0.15) is 18.9 Å². The average molecular weight is 487 g/mol. The number of benzene rings is 2. The van der Waals surface area contributed by atoms with Crippen molar-refractivity contribution in [2.75, 3.05) is 23.9 Å². The Morgan fingerprint density at radius 1 is 1.21 bits per heavy atom. The molecule has 0 spiro atoms. The van der Waals surface area contributed by atoms with Crippen LogP contribution in [0.25, 0.3) is 17.1 Å². The Labute approximate surface area is 197 Å². The van der Waals surface area contributed by atoms with Crippen LogP contribution in [0, 0.1) is 6.92 Å². The summed E-state index contributed by atoms with van der Waals surface area (Å²) < 4.78 is 30.8. The molecular weight excluding hydrogens is 460 g/mol. The summed E-state index contributed by atoms with van der Waals surface area (Å²) in [5.41, 5.74) is 2.88. The Bertz CT molecular complexity index is 1240. The van der Waals surface area contributed by atoms with E-state index in [2.05, 4.69) is 15.5 Å². The van der Waals surface area contributed by atoms with Gasteiger partial charge in [-0.25, -0.2) is 8.42 Å². The molecule has 1 aliphatic heterocycles. The first kappa shape index (κ1) is 23.3. The lowest BCUT2D eigenvalue weighted by atomic mass is 10.1. The number of carbonyl (C=O) groups is 1. The Morgan fingerprint density at radius 3 is 2.67 bits per heavy atom. The van der Waals surface area contributed by atoms with Crippen molar-refractivity contribution in [3.8, 4) is 22.8 Å². The van der Waals surface area contributed by atoms with Crippen molar-refractivity contribution in [2.24, 2.45) is 0 Å². The zero-order valence-corrected chi connectivity index (χ0v) is 20.2. The minimum absolute atomic E-state index is 0.00325. The van der Waals surface area contributed by atoms with Gasteiger partial charge in [-0.1, -0.05) is 35.5 Å². The van der Waals surface area contributed by atoms with Crippen molar-refractivity contribution in [1.82, 2.24) is 20.1 Å². The molecule has 2 heterocycles. The molecule has 174 valence electrons. The van der Waals surface area contributed by atoms with Gasteiger partial charge in [0, 0.05) is 17.3 Å². The van der Waals surface area contributed by atoms with Crippen LogP contribution in [-0.4, -0.2) is 59.0 Å². The number of nitrogens with zero attached hydrogens (tertiary/aromatic N) is 3. The molecular formula is C23H26N4O4S2. The van der Waals surface area contributed by atoms with Crippen LogP contribution >= 0.6 is 11.8 Å². The van der Waals surface area contributed by atoms with Gasteiger partial charge in [0.15, 0.2) is 20.8 Å². The molecule has 1 unspecified atom stereocenters. The largest absolute Gasteiger partial charge is 0.494 e. The first-order valence-corrected chi connectivity index (χ1v) is 13.5. The Hall–Kier alpha value is -2.85. The highest BCUT2D eigenvalue weighted by atomic mass is 32.2. The number of sulfone groups is 1. The molecule has 1 N–H and O–H groups in total. The molecule has 0 aliphatic carbocycles. The third kappa shape index (κ3) is 5.75. The van der Waals surface area contributed by atoms with Gasteiger partial charge in [-0.05, 0) is 50.6 Å². The molecule has 1 saturated heterocycles. The van der Waals surface area contributed by atoms with Crippen molar-refractivity contribution in [2.45, 2.75) is 31.5 Å². The molecule has 1 aromatic heterocycles. The standard InChI is InChI=1S/C23H26N4O4S2/c1-3-31-20-9-7-19(8-10-20)27-22(17-6-4-5-16(2)13-17)25-26-23(27)32-14-21(28)24-18-11-12-33(29,30)15-18/h4-10,13,18H,3,11-12,14-15H2,1-2H3,(H,24,28). The summed E-state index contributed by atoms with van der Waals surface area (Å²) in [5.74, 6) is 1.46. The molecule has 8 nitrogen and oxygen atoms in total. The minimum atomic E-state index is -3.05. The molecule has 3 aromatic rings. The predicted octanol–water partition coefficient (Wildman–Crippen LogP) is 3.04. The summed E-state index contributed by atoms with van der Waals surface area (Å²) in [5, 5.41) is 12.2. The fourth-order valence-electron chi connectivity index (χ4n) is 3.73. The van der Waals surface area contributed by atoms with E-state index in [1.54, 1.807) is 0 Å². The zero-order chi connectivity index (χ0) is 23.4. The fourth-order valence-corrected chi connectivity index (χ4v) is 6.17. The van der Waals surface area contributed by atoms with E-state index < -0.39 is 9.84 Å². The van der Waals surface area contributed by atoms with E-state index in [0.717, 1.165) is 22.6 Å². The van der Waals surface area contributed by atoms with Crippen LogP contribution in [0.2, 0.25) is 0 Å². The number of ether oxygens (including phenoxy) is 1. The Morgan fingerprint density at radius 2 is 2.00 bits per heavy atom. The molecule has 0 radical (unpaired) electrons. The molecule has 33 heavy (non-hydrogen) atoms. The molecule has 1 aliphatic rings. The summed E-state index contributed by atoms with van der Waals surface area (Å²) in [6.45, 7) is 4.54. The van der Waals surface area contributed by atoms with E-state index in [1.165, 1.54) is 11.8 Å². The highest BCUT2D eigenvalue weighted by Crippen LogP contribution is 2.29. The topological polar surface area (TPSA) is 103 Å². The van der Waals surface area contributed by atoms with Crippen molar-refractivity contribution >= 4 is 27.5 Å². The minimum Gasteiger partial charge on any atom is -0.494 e. The van der Waals surface area contributed by atoms with Crippen molar-refractivity contribution in [3.05, 3.63) is 54.1 Å². The number of carbonyl (C=O) groups excluding carboxylic acids is 1. The molecule has 1 atom stereocenters. The monoisotopic (exact) mass is 486 g/mol. The number of hydrogen-bond donors (Lipinski definition) is 1. The lowest BCUT2D eigenvalue weighted by Gasteiger charge is -2.13. The second kappa shape index (κ2) is 9.96. The van der Waals surface area contributed by atoms with Crippen LogP contribution in [-0.2, 0) is 14.6 Å². The highest BCUT2D eigenvalue weighted by molar-refractivity contribution is 7.99. The summed E-state index contributed by atoms with van der Waals surface area (Å²) in [4.78, 5) is 12.5. The summed E-state index contributed by atoms with van der Waals surface area (Å²) >= 11 is 1.26. The van der Waals surface area contributed by atoms with E-state index in [0.29, 0.717) is 24.0 Å². The van der Waals surface area contributed by atoms with Crippen LogP contribution in [0.5, 0.6) is 5.75 Å². The summed E-state index contributed by atoms with van der Waals surface area (Å²) in [6, 6.07) is 15.3. The maximum atomic E-state index is 12.5. The number of amides is 1. The normalized spacial score (nSPS) is 17.1. The maximum absolute atomic E-state index is 12.5. The average Bonchev–Trinajstić information content (AvgIpc) is 3.35. The van der Waals surface area contributed by atoms with Crippen LogP contribution < -0.4 is 10.1 Å². The summed E-state index contributed by atoms with van der Waals surface area (Å²) in [7, 11) is -3.05. The van der Waals surface area contributed by atoms with Crippen molar-refractivity contribution in [3.63, 3.8) is 0 Å². The lowest BCUT2D eigenvalue weighted by Crippen LogP contribution is -2.36. The van der Waals surface area contributed by atoms with Gasteiger partial charge in [-0.2, -0.15) is 0 Å². The number of nitrogens with one attached hydrogen (secondary N) is 1. The number of thioether (sulfide) groups is 1. The molecule has 1 amide bonds. The molecule has 0 bridgehead atoms. The second-order valence-electron chi connectivity index (χ2n) is 7.89. The van der Waals surface area contributed by atoms with E-state index >= 15 is 0 Å².